The summed E-state index contributed by atoms with van der Waals surface area (Å²) in [6, 6.07) is 0. The van der Waals surface area contributed by atoms with Gasteiger partial charge in [-0.3, -0.25) is 0 Å². The summed E-state index contributed by atoms with van der Waals surface area (Å²) in [5.74, 6) is 0. The van der Waals surface area contributed by atoms with Crippen LogP contribution in [0.1, 0.15) is 25.7 Å². The van der Waals surface area contributed by atoms with Gasteiger partial charge in [-0.05, 0) is 42.9 Å². The highest BCUT2D eigenvalue weighted by Gasteiger charge is 2.01. The molecule has 0 spiro atoms. The lowest BCUT2D eigenvalue weighted by molar-refractivity contribution is 0.966. The summed E-state index contributed by atoms with van der Waals surface area (Å²) in [4.78, 5) is 0. The Kier molecular flexibility index (Phi) is 3.63. The average Bonchev–Trinajstić information content (AvgIpc) is 2.30. The van der Waals surface area contributed by atoms with Crippen LogP contribution in [0.5, 0.6) is 0 Å². The molecule has 0 saturated heterocycles. The number of hydrogen-bond donors (Lipinski definition) is 0. The van der Waals surface area contributed by atoms with Crippen LogP contribution in [0.2, 0.25) is 0 Å². The van der Waals surface area contributed by atoms with E-state index in [-0.39, 0.29) is 0 Å². The van der Waals surface area contributed by atoms with Gasteiger partial charge in [-0.2, -0.15) is 0 Å². The van der Waals surface area contributed by atoms with Crippen LogP contribution in [0.25, 0.3) is 0 Å². The zero-order chi connectivity index (χ0) is 10.5. The van der Waals surface area contributed by atoms with Crippen molar-refractivity contribution in [1.82, 2.24) is 0 Å². The first-order valence-corrected chi connectivity index (χ1v) is 5.81. The molecule has 0 amide bonds. The molecule has 0 saturated carbocycles. The van der Waals surface area contributed by atoms with Crippen molar-refractivity contribution in [1.29, 1.82) is 0 Å². The van der Waals surface area contributed by atoms with E-state index in [2.05, 4.69) is 36.5 Å². The summed E-state index contributed by atoms with van der Waals surface area (Å²) in [5, 5.41) is 0.965. The summed E-state index contributed by atoms with van der Waals surface area (Å²) in [7, 11) is 0. The number of halogens is 1. The van der Waals surface area contributed by atoms with E-state index in [4.69, 9.17) is 11.6 Å². The topological polar surface area (TPSA) is 0 Å². The van der Waals surface area contributed by atoms with E-state index < -0.39 is 0 Å². The molecule has 0 heterocycles. The van der Waals surface area contributed by atoms with Gasteiger partial charge >= 0.3 is 0 Å². The van der Waals surface area contributed by atoms with E-state index in [1.165, 1.54) is 17.6 Å². The van der Waals surface area contributed by atoms with Gasteiger partial charge < -0.3 is 0 Å². The van der Waals surface area contributed by atoms with Crippen LogP contribution < -0.4 is 0 Å². The molecule has 0 unspecified atom stereocenters. The van der Waals surface area contributed by atoms with Crippen LogP contribution >= 0.6 is 11.6 Å². The van der Waals surface area contributed by atoms with Crippen molar-refractivity contribution in [3.05, 3.63) is 58.7 Å². The maximum Gasteiger partial charge on any atom is 0.0184 e. The standard InChI is InChI=1S/C14H15Cl/c15-14-10-8-13(9-11-14)7-6-12-4-2-1-3-5-12/h1-2,4,6-8,10H,3,5,9,11H2/b7-6-. The number of hydrogen-bond acceptors (Lipinski definition) is 0. The van der Waals surface area contributed by atoms with E-state index in [1.54, 1.807) is 0 Å². The zero-order valence-electron chi connectivity index (χ0n) is 8.75. The monoisotopic (exact) mass is 218 g/mol. The molecule has 0 atom stereocenters. The molecular weight excluding hydrogens is 204 g/mol. The van der Waals surface area contributed by atoms with Crippen molar-refractivity contribution in [2.24, 2.45) is 0 Å². The van der Waals surface area contributed by atoms with Crippen molar-refractivity contribution in [2.45, 2.75) is 25.7 Å². The predicted molar refractivity (Wildman–Crippen MR) is 66.9 cm³/mol. The minimum atomic E-state index is 0.965. The number of allylic oxidation sites excluding steroid dienone is 10. The Bertz CT molecular complexity index is 378. The van der Waals surface area contributed by atoms with Gasteiger partial charge in [-0.15, -0.1) is 0 Å². The second-order valence-corrected chi connectivity index (χ2v) is 4.38. The molecule has 2 aliphatic carbocycles. The minimum absolute atomic E-state index is 0.965. The van der Waals surface area contributed by atoms with E-state index in [0.29, 0.717) is 0 Å². The molecule has 0 aliphatic heterocycles. The fraction of sp³-hybridized carbons (Fsp3) is 0.286. The van der Waals surface area contributed by atoms with Gasteiger partial charge in [0.1, 0.15) is 0 Å². The van der Waals surface area contributed by atoms with E-state index in [0.717, 1.165) is 24.3 Å². The maximum atomic E-state index is 5.90. The van der Waals surface area contributed by atoms with Crippen molar-refractivity contribution in [3.8, 4) is 0 Å². The van der Waals surface area contributed by atoms with Crippen LogP contribution in [-0.2, 0) is 0 Å². The highest BCUT2D eigenvalue weighted by Crippen LogP contribution is 2.22. The maximum absolute atomic E-state index is 5.90. The predicted octanol–water partition coefficient (Wildman–Crippen LogP) is 4.66. The molecule has 0 fully saturated rings. The van der Waals surface area contributed by atoms with Crippen LogP contribution in [0.4, 0.5) is 0 Å². The first kappa shape index (κ1) is 10.5. The Labute approximate surface area is 96.3 Å². The van der Waals surface area contributed by atoms with Crippen LogP contribution in [0.15, 0.2) is 58.7 Å². The fourth-order valence-corrected chi connectivity index (χ4v) is 1.90. The van der Waals surface area contributed by atoms with Gasteiger partial charge in [0.05, 0.1) is 0 Å². The zero-order valence-corrected chi connectivity index (χ0v) is 9.50. The highest BCUT2D eigenvalue weighted by molar-refractivity contribution is 6.29. The van der Waals surface area contributed by atoms with Gasteiger partial charge in [0.2, 0.25) is 0 Å². The van der Waals surface area contributed by atoms with E-state index in [9.17, 15) is 0 Å². The quantitative estimate of drug-likeness (QED) is 0.632. The molecule has 78 valence electrons. The summed E-state index contributed by atoms with van der Waals surface area (Å²) < 4.78 is 0. The second kappa shape index (κ2) is 5.18. The van der Waals surface area contributed by atoms with Crippen molar-refractivity contribution >= 4 is 11.6 Å². The smallest absolute Gasteiger partial charge is 0.0184 e. The Hall–Kier alpha value is -1.01. The average molecular weight is 219 g/mol. The van der Waals surface area contributed by atoms with Crippen LogP contribution in [0.3, 0.4) is 0 Å². The molecule has 2 aliphatic rings. The summed E-state index contributed by atoms with van der Waals surface area (Å²) in [5.41, 5.74) is 2.79. The Morgan fingerprint density at radius 2 is 1.73 bits per heavy atom. The summed E-state index contributed by atoms with van der Waals surface area (Å²) in [6.45, 7) is 0. The molecule has 1 heteroatoms. The van der Waals surface area contributed by atoms with Crippen molar-refractivity contribution < 1.29 is 0 Å². The van der Waals surface area contributed by atoms with Crippen molar-refractivity contribution in [3.63, 3.8) is 0 Å². The molecule has 2 rings (SSSR count). The van der Waals surface area contributed by atoms with Gasteiger partial charge in [0.25, 0.3) is 0 Å². The minimum Gasteiger partial charge on any atom is -0.0891 e. The first-order chi connectivity index (χ1) is 7.34. The second-order valence-electron chi connectivity index (χ2n) is 3.90. The largest absolute Gasteiger partial charge is 0.0891 e. The summed E-state index contributed by atoms with van der Waals surface area (Å²) in [6.07, 6.45) is 19.5. The van der Waals surface area contributed by atoms with Crippen LogP contribution in [0, 0.1) is 0 Å². The Morgan fingerprint density at radius 1 is 0.933 bits per heavy atom. The Balaban J connectivity index is 1.99. The third-order valence-corrected chi connectivity index (χ3v) is 3.00. The molecule has 0 aromatic carbocycles. The van der Waals surface area contributed by atoms with Gasteiger partial charge in [0.15, 0.2) is 0 Å². The van der Waals surface area contributed by atoms with E-state index in [1.807, 2.05) is 6.08 Å². The van der Waals surface area contributed by atoms with Crippen molar-refractivity contribution in [2.75, 3.05) is 0 Å². The third kappa shape index (κ3) is 3.24. The molecule has 0 N–H and O–H groups in total. The molecule has 0 aromatic heterocycles. The SMILES string of the molecule is ClC1=CC=C(/C=C\C2=CC=CCC2)CC1. The number of rotatable bonds is 2. The molecular formula is C14H15Cl. The van der Waals surface area contributed by atoms with Gasteiger partial charge in [-0.1, -0.05) is 48.1 Å². The lowest BCUT2D eigenvalue weighted by Crippen LogP contribution is -1.88. The summed E-state index contributed by atoms with van der Waals surface area (Å²) >= 11 is 5.90. The molecule has 0 radical (unpaired) electrons. The fourth-order valence-electron chi connectivity index (χ4n) is 1.74. The lowest BCUT2D eigenvalue weighted by atomic mass is 10.0. The normalized spacial score (nSPS) is 21.3. The molecule has 0 bridgehead atoms. The highest BCUT2D eigenvalue weighted by atomic mass is 35.5. The van der Waals surface area contributed by atoms with Gasteiger partial charge in [0, 0.05) is 5.03 Å². The van der Waals surface area contributed by atoms with Crippen LogP contribution in [-0.4, -0.2) is 0 Å². The molecule has 0 nitrogen and oxygen atoms in total. The first-order valence-electron chi connectivity index (χ1n) is 5.43. The molecule has 0 aromatic rings. The third-order valence-electron chi connectivity index (χ3n) is 2.69. The van der Waals surface area contributed by atoms with E-state index >= 15 is 0 Å². The molecule has 15 heavy (non-hydrogen) atoms. The lowest BCUT2D eigenvalue weighted by Gasteiger charge is -2.07. The Morgan fingerprint density at radius 3 is 2.33 bits per heavy atom. The van der Waals surface area contributed by atoms with Gasteiger partial charge in [-0.25, -0.2) is 0 Å².